The molecular formula is C21H28O3Si. The lowest BCUT2D eigenvalue weighted by atomic mass is 10.1. The zero-order valence-corrected chi connectivity index (χ0v) is 16.7. The van der Waals surface area contributed by atoms with Crippen LogP contribution in [0.2, 0.25) is 5.04 Å². The van der Waals surface area contributed by atoms with E-state index in [1.807, 2.05) is 43.3 Å². The minimum atomic E-state index is -2.85. The molecule has 4 heteroatoms. The van der Waals surface area contributed by atoms with E-state index in [0.29, 0.717) is 6.42 Å². The van der Waals surface area contributed by atoms with Gasteiger partial charge in [0.1, 0.15) is 0 Å². The molecular weight excluding hydrogens is 328 g/mol. The second-order valence-corrected chi connectivity index (χ2v) is 11.9. The molecule has 1 atom stereocenters. The zero-order chi connectivity index (χ0) is 18.7. The van der Waals surface area contributed by atoms with Gasteiger partial charge in [0.2, 0.25) is 0 Å². The standard InChI is InChI=1S/C21H28O3Si/c1-6-21(5,19(22)23)24-25(20(2,3)4,17-13-9-7-10-14-17)18-15-11-8-12-16-18/h7-16H,6H2,1-5H3,(H,22,23)/t21-/m0/s1. The van der Waals surface area contributed by atoms with Crippen LogP contribution in [-0.4, -0.2) is 25.0 Å². The number of benzene rings is 2. The van der Waals surface area contributed by atoms with Gasteiger partial charge >= 0.3 is 5.97 Å². The Balaban J connectivity index is 2.80. The molecule has 0 spiro atoms. The molecule has 0 aliphatic carbocycles. The number of rotatable bonds is 6. The fourth-order valence-corrected chi connectivity index (χ4v) is 8.09. The molecule has 2 rings (SSSR count). The summed E-state index contributed by atoms with van der Waals surface area (Å²) in [6.45, 7) is 10.0. The Morgan fingerprint density at radius 2 is 1.32 bits per heavy atom. The third kappa shape index (κ3) is 3.55. The monoisotopic (exact) mass is 356 g/mol. The second-order valence-electron chi connectivity index (χ2n) is 7.65. The van der Waals surface area contributed by atoms with E-state index in [9.17, 15) is 9.90 Å². The molecule has 0 amide bonds. The summed E-state index contributed by atoms with van der Waals surface area (Å²) in [5.41, 5.74) is -1.23. The molecule has 0 unspecified atom stereocenters. The molecule has 0 aliphatic rings. The smallest absolute Gasteiger partial charge is 0.334 e. The van der Waals surface area contributed by atoms with Crippen LogP contribution in [0.4, 0.5) is 0 Å². The molecule has 0 fully saturated rings. The van der Waals surface area contributed by atoms with Gasteiger partial charge in [0, 0.05) is 0 Å². The van der Waals surface area contributed by atoms with Gasteiger partial charge in [-0.3, -0.25) is 0 Å². The van der Waals surface area contributed by atoms with Crippen molar-refractivity contribution in [1.29, 1.82) is 0 Å². The van der Waals surface area contributed by atoms with Crippen molar-refractivity contribution in [2.24, 2.45) is 0 Å². The van der Waals surface area contributed by atoms with Gasteiger partial charge in [0.05, 0.1) is 0 Å². The third-order valence-electron chi connectivity index (χ3n) is 4.92. The minimum absolute atomic E-state index is 0.235. The molecule has 25 heavy (non-hydrogen) atoms. The topological polar surface area (TPSA) is 46.5 Å². The molecule has 3 nitrogen and oxygen atoms in total. The number of hydrogen-bond acceptors (Lipinski definition) is 2. The second kappa shape index (κ2) is 7.14. The van der Waals surface area contributed by atoms with Crippen molar-refractivity contribution in [3.05, 3.63) is 60.7 Å². The van der Waals surface area contributed by atoms with Crippen molar-refractivity contribution in [2.75, 3.05) is 0 Å². The van der Waals surface area contributed by atoms with Crippen LogP contribution in [-0.2, 0) is 9.22 Å². The van der Waals surface area contributed by atoms with Gasteiger partial charge in [-0.15, -0.1) is 0 Å². The first-order valence-electron chi connectivity index (χ1n) is 8.72. The Hall–Kier alpha value is -1.91. The largest absolute Gasteiger partial charge is 0.479 e. The molecule has 2 aromatic carbocycles. The quantitative estimate of drug-likeness (QED) is 0.801. The van der Waals surface area contributed by atoms with Crippen molar-refractivity contribution in [3.63, 3.8) is 0 Å². The van der Waals surface area contributed by atoms with Gasteiger partial charge in [0.15, 0.2) is 5.60 Å². The summed E-state index contributed by atoms with van der Waals surface area (Å²) >= 11 is 0. The zero-order valence-electron chi connectivity index (χ0n) is 15.7. The van der Waals surface area contributed by atoms with E-state index >= 15 is 0 Å². The van der Waals surface area contributed by atoms with Gasteiger partial charge < -0.3 is 9.53 Å². The van der Waals surface area contributed by atoms with E-state index in [2.05, 4.69) is 45.0 Å². The Labute approximate surface area is 151 Å². The predicted molar refractivity (Wildman–Crippen MR) is 105 cm³/mol. The van der Waals surface area contributed by atoms with Crippen LogP contribution in [0.5, 0.6) is 0 Å². The molecule has 0 aliphatic heterocycles. The van der Waals surface area contributed by atoms with Crippen LogP contribution in [0.25, 0.3) is 0 Å². The molecule has 0 saturated carbocycles. The highest BCUT2D eigenvalue weighted by Crippen LogP contribution is 2.39. The van der Waals surface area contributed by atoms with Crippen LogP contribution in [0, 0.1) is 0 Å². The molecule has 1 N–H and O–H groups in total. The average Bonchev–Trinajstić information content (AvgIpc) is 2.59. The van der Waals surface area contributed by atoms with Crippen molar-refractivity contribution < 1.29 is 14.3 Å². The van der Waals surface area contributed by atoms with E-state index in [1.54, 1.807) is 6.92 Å². The molecule has 0 radical (unpaired) electrons. The summed E-state index contributed by atoms with van der Waals surface area (Å²) in [4.78, 5) is 12.0. The maximum absolute atomic E-state index is 12.0. The van der Waals surface area contributed by atoms with E-state index < -0.39 is 19.9 Å². The normalized spacial score (nSPS) is 14.8. The highest BCUT2D eigenvalue weighted by molar-refractivity contribution is 6.99. The minimum Gasteiger partial charge on any atom is -0.479 e. The van der Waals surface area contributed by atoms with Gasteiger partial charge in [-0.2, -0.15) is 0 Å². The van der Waals surface area contributed by atoms with Crippen molar-refractivity contribution in [1.82, 2.24) is 0 Å². The first-order valence-corrected chi connectivity index (χ1v) is 10.6. The number of hydrogen-bond donors (Lipinski definition) is 1. The fourth-order valence-electron chi connectivity index (χ4n) is 3.25. The Kier molecular flexibility index (Phi) is 5.54. The molecule has 0 aromatic heterocycles. The summed E-state index contributed by atoms with van der Waals surface area (Å²) in [7, 11) is -2.85. The summed E-state index contributed by atoms with van der Waals surface area (Å²) in [6.07, 6.45) is 0.410. The number of carboxylic acid groups (broad SMARTS) is 1. The van der Waals surface area contributed by atoms with Crippen molar-refractivity contribution >= 4 is 24.7 Å². The highest BCUT2D eigenvalue weighted by atomic mass is 28.4. The van der Waals surface area contributed by atoms with Crippen LogP contribution < -0.4 is 10.4 Å². The number of carboxylic acids is 1. The first-order chi connectivity index (χ1) is 11.7. The van der Waals surface area contributed by atoms with E-state index in [-0.39, 0.29) is 5.04 Å². The summed E-state index contributed by atoms with van der Waals surface area (Å²) in [5.74, 6) is -0.914. The first kappa shape index (κ1) is 19.4. The molecule has 2 aromatic rings. The average molecular weight is 357 g/mol. The van der Waals surface area contributed by atoms with Crippen molar-refractivity contribution in [3.8, 4) is 0 Å². The highest BCUT2D eigenvalue weighted by Gasteiger charge is 2.54. The predicted octanol–water partition coefficient (Wildman–Crippen LogP) is 3.82. The van der Waals surface area contributed by atoms with Crippen molar-refractivity contribution in [2.45, 2.75) is 51.7 Å². The lowest BCUT2D eigenvalue weighted by Crippen LogP contribution is -2.70. The third-order valence-corrected chi connectivity index (χ3v) is 10.1. The fraction of sp³-hybridized carbons (Fsp3) is 0.381. The van der Waals surface area contributed by atoms with Crippen LogP contribution >= 0.6 is 0 Å². The Morgan fingerprint density at radius 3 is 1.60 bits per heavy atom. The van der Waals surface area contributed by atoms with Gasteiger partial charge in [-0.1, -0.05) is 88.4 Å². The molecule has 0 bridgehead atoms. The van der Waals surface area contributed by atoms with E-state index in [0.717, 1.165) is 10.4 Å². The summed E-state index contributed by atoms with van der Waals surface area (Å²) in [5, 5.41) is 11.8. The van der Waals surface area contributed by atoms with Gasteiger partial charge in [-0.05, 0) is 28.8 Å². The SMILES string of the molecule is CC[C@](C)(O[Si](c1ccccc1)(c1ccccc1)C(C)(C)C)C(=O)O. The van der Waals surface area contributed by atoms with E-state index in [4.69, 9.17) is 4.43 Å². The maximum Gasteiger partial charge on any atom is 0.334 e. The lowest BCUT2D eigenvalue weighted by Gasteiger charge is -2.47. The van der Waals surface area contributed by atoms with Gasteiger partial charge in [0.25, 0.3) is 8.32 Å². The van der Waals surface area contributed by atoms with Crippen LogP contribution in [0.1, 0.15) is 41.0 Å². The summed E-state index contributed by atoms with van der Waals surface area (Å²) in [6, 6.07) is 20.2. The number of aliphatic carboxylic acids is 1. The summed E-state index contributed by atoms with van der Waals surface area (Å²) < 4.78 is 6.71. The lowest BCUT2D eigenvalue weighted by molar-refractivity contribution is -0.154. The number of carbonyl (C=O) groups is 1. The molecule has 0 heterocycles. The van der Waals surface area contributed by atoms with E-state index in [1.165, 1.54) is 0 Å². The van der Waals surface area contributed by atoms with Gasteiger partial charge in [-0.25, -0.2) is 4.79 Å². The Morgan fingerprint density at radius 1 is 0.920 bits per heavy atom. The maximum atomic E-state index is 12.0. The van der Waals surface area contributed by atoms with Crippen LogP contribution in [0.3, 0.4) is 0 Å². The molecule has 134 valence electrons. The Bertz CT molecular complexity index is 667. The molecule has 0 saturated heterocycles. The van der Waals surface area contributed by atoms with Crippen LogP contribution in [0.15, 0.2) is 60.7 Å².